The van der Waals surface area contributed by atoms with E-state index in [1.807, 2.05) is 0 Å². The van der Waals surface area contributed by atoms with Gasteiger partial charge >= 0.3 is 12.3 Å². The molecule has 0 spiro atoms. The summed E-state index contributed by atoms with van der Waals surface area (Å²) < 4.78 is 44.0. The Morgan fingerprint density at radius 1 is 1.33 bits per heavy atom. The van der Waals surface area contributed by atoms with E-state index in [1.165, 1.54) is 6.07 Å². The Balaban J connectivity index is 2.23. The van der Waals surface area contributed by atoms with Crippen LogP contribution in [0.2, 0.25) is 0 Å². The number of amides is 1. The molecule has 0 aliphatic carbocycles. The van der Waals surface area contributed by atoms with E-state index in [-0.39, 0.29) is 11.7 Å². The highest BCUT2D eigenvalue weighted by molar-refractivity contribution is 5.86. The molecule has 2 N–H and O–H groups in total. The molecule has 1 saturated heterocycles. The molecule has 1 aliphatic heterocycles. The Labute approximate surface area is 139 Å². The van der Waals surface area contributed by atoms with Gasteiger partial charge in [-0.3, -0.25) is 5.32 Å². The second-order valence-electron chi connectivity index (χ2n) is 6.99. The molecular weight excluding hydrogens is 321 g/mol. The Morgan fingerprint density at radius 2 is 2.04 bits per heavy atom. The van der Waals surface area contributed by atoms with Crippen molar-refractivity contribution in [1.29, 1.82) is 0 Å². The molecule has 1 unspecified atom stereocenters. The van der Waals surface area contributed by atoms with Crippen LogP contribution in [0.1, 0.15) is 44.7 Å². The van der Waals surface area contributed by atoms with Crippen molar-refractivity contribution in [3.05, 3.63) is 29.3 Å². The van der Waals surface area contributed by atoms with E-state index in [0.29, 0.717) is 12.0 Å². The fourth-order valence-corrected chi connectivity index (χ4v) is 2.66. The minimum atomic E-state index is -4.46. The molecule has 0 saturated carbocycles. The van der Waals surface area contributed by atoms with Gasteiger partial charge in [0.2, 0.25) is 0 Å². The maximum absolute atomic E-state index is 13.0. The lowest BCUT2D eigenvalue weighted by atomic mass is 10.0. The third-order valence-electron chi connectivity index (χ3n) is 3.70. The van der Waals surface area contributed by atoms with Crippen LogP contribution in [0, 0.1) is 0 Å². The molecule has 4 nitrogen and oxygen atoms in total. The van der Waals surface area contributed by atoms with Crippen LogP contribution >= 0.6 is 0 Å². The van der Waals surface area contributed by atoms with Gasteiger partial charge in [0.1, 0.15) is 5.60 Å². The lowest BCUT2D eigenvalue weighted by Gasteiger charge is -2.21. The molecule has 7 heteroatoms. The number of halogens is 3. The molecular formula is C17H23F3N2O2. The summed E-state index contributed by atoms with van der Waals surface area (Å²) in [4.78, 5) is 11.9. The van der Waals surface area contributed by atoms with E-state index in [2.05, 4.69) is 10.6 Å². The van der Waals surface area contributed by atoms with E-state index in [0.717, 1.165) is 31.5 Å². The Kier molecular flexibility index (Phi) is 5.42. The SMILES string of the molecule is CC(C)(C)OC(=O)Nc1cc(C(F)(F)F)ccc1CC1CCCN1. The quantitative estimate of drug-likeness (QED) is 0.857. The molecule has 1 aromatic carbocycles. The Bertz CT molecular complexity index is 588. The van der Waals surface area contributed by atoms with Gasteiger partial charge in [-0.05, 0) is 64.3 Å². The maximum atomic E-state index is 13.0. The van der Waals surface area contributed by atoms with Gasteiger partial charge < -0.3 is 10.1 Å². The summed E-state index contributed by atoms with van der Waals surface area (Å²) >= 11 is 0. The average Bonchev–Trinajstić information content (AvgIpc) is 2.90. The van der Waals surface area contributed by atoms with Crippen LogP contribution in [0.4, 0.5) is 23.7 Å². The molecule has 1 aliphatic rings. The van der Waals surface area contributed by atoms with Crippen molar-refractivity contribution in [1.82, 2.24) is 5.32 Å². The molecule has 0 radical (unpaired) electrons. The van der Waals surface area contributed by atoms with Crippen molar-refractivity contribution < 1.29 is 22.7 Å². The Hall–Kier alpha value is -1.76. The molecule has 2 rings (SSSR count). The van der Waals surface area contributed by atoms with Gasteiger partial charge in [0, 0.05) is 11.7 Å². The largest absolute Gasteiger partial charge is 0.444 e. The van der Waals surface area contributed by atoms with Gasteiger partial charge in [-0.15, -0.1) is 0 Å². The zero-order valence-corrected chi connectivity index (χ0v) is 14.1. The molecule has 1 aromatic rings. The van der Waals surface area contributed by atoms with Gasteiger partial charge in [-0.25, -0.2) is 4.79 Å². The van der Waals surface area contributed by atoms with Crippen LogP contribution in [-0.2, 0) is 17.3 Å². The number of carbonyl (C=O) groups is 1. The predicted molar refractivity (Wildman–Crippen MR) is 86.0 cm³/mol. The number of hydrogen-bond donors (Lipinski definition) is 2. The fraction of sp³-hybridized carbons (Fsp3) is 0.588. The first-order valence-corrected chi connectivity index (χ1v) is 7.98. The third-order valence-corrected chi connectivity index (χ3v) is 3.70. The smallest absolute Gasteiger partial charge is 0.416 e. The van der Waals surface area contributed by atoms with E-state index in [1.54, 1.807) is 20.8 Å². The second kappa shape index (κ2) is 7.01. The summed E-state index contributed by atoms with van der Waals surface area (Å²) in [5, 5.41) is 5.77. The highest BCUT2D eigenvalue weighted by Crippen LogP contribution is 2.33. The second-order valence-corrected chi connectivity index (χ2v) is 6.99. The van der Waals surface area contributed by atoms with Crippen molar-refractivity contribution in [3.63, 3.8) is 0 Å². The highest BCUT2D eigenvalue weighted by Gasteiger charge is 2.31. The summed E-state index contributed by atoms with van der Waals surface area (Å²) in [5.41, 5.74) is -0.712. The monoisotopic (exact) mass is 344 g/mol. The molecule has 1 atom stereocenters. The van der Waals surface area contributed by atoms with Gasteiger partial charge in [0.25, 0.3) is 0 Å². The lowest BCUT2D eigenvalue weighted by Crippen LogP contribution is -2.28. The van der Waals surface area contributed by atoms with E-state index in [9.17, 15) is 18.0 Å². The number of anilines is 1. The molecule has 0 bridgehead atoms. The summed E-state index contributed by atoms with van der Waals surface area (Å²) in [6, 6.07) is 3.65. The van der Waals surface area contributed by atoms with Gasteiger partial charge in [0.15, 0.2) is 0 Å². The molecule has 1 heterocycles. The molecule has 1 fully saturated rings. The van der Waals surface area contributed by atoms with Crippen LogP contribution in [0.15, 0.2) is 18.2 Å². The van der Waals surface area contributed by atoms with Crippen molar-refractivity contribution in [2.45, 2.75) is 57.9 Å². The number of nitrogens with one attached hydrogen (secondary N) is 2. The van der Waals surface area contributed by atoms with E-state index < -0.39 is 23.4 Å². The topological polar surface area (TPSA) is 50.4 Å². The molecule has 134 valence electrons. The first kappa shape index (κ1) is 18.6. The lowest BCUT2D eigenvalue weighted by molar-refractivity contribution is -0.137. The number of ether oxygens (including phenoxy) is 1. The standard InChI is InChI=1S/C17H23F3N2O2/c1-16(2,3)24-15(23)22-14-10-12(17(18,19)20)7-6-11(14)9-13-5-4-8-21-13/h6-7,10,13,21H,4-5,8-9H2,1-3H3,(H,22,23). The number of benzene rings is 1. The third kappa shape index (κ3) is 5.40. The Morgan fingerprint density at radius 3 is 2.58 bits per heavy atom. The van der Waals surface area contributed by atoms with Crippen molar-refractivity contribution in [2.75, 3.05) is 11.9 Å². The van der Waals surface area contributed by atoms with Gasteiger partial charge in [-0.1, -0.05) is 6.07 Å². The maximum Gasteiger partial charge on any atom is 0.416 e. The fourth-order valence-electron chi connectivity index (χ4n) is 2.66. The average molecular weight is 344 g/mol. The minimum Gasteiger partial charge on any atom is -0.444 e. The van der Waals surface area contributed by atoms with E-state index >= 15 is 0 Å². The van der Waals surface area contributed by atoms with Crippen molar-refractivity contribution in [3.8, 4) is 0 Å². The first-order chi connectivity index (χ1) is 11.0. The van der Waals surface area contributed by atoms with Crippen molar-refractivity contribution in [2.24, 2.45) is 0 Å². The number of hydrogen-bond acceptors (Lipinski definition) is 3. The molecule has 0 aromatic heterocycles. The summed E-state index contributed by atoms with van der Waals surface area (Å²) in [5.74, 6) is 0. The van der Waals surface area contributed by atoms with Gasteiger partial charge in [-0.2, -0.15) is 13.2 Å². The first-order valence-electron chi connectivity index (χ1n) is 7.98. The minimum absolute atomic E-state index is 0.146. The summed E-state index contributed by atoms with van der Waals surface area (Å²) in [7, 11) is 0. The highest BCUT2D eigenvalue weighted by atomic mass is 19.4. The van der Waals surface area contributed by atoms with E-state index in [4.69, 9.17) is 4.74 Å². The van der Waals surface area contributed by atoms with Crippen LogP contribution in [0.25, 0.3) is 0 Å². The number of carbonyl (C=O) groups excluding carboxylic acids is 1. The summed E-state index contributed by atoms with van der Waals surface area (Å²) in [6.07, 6.45) is -2.66. The molecule has 1 amide bonds. The van der Waals surface area contributed by atoms with Crippen molar-refractivity contribution >= 4 is 11.8 Å². The number of alkyl halides is 3. The molecule has 24 heavy (non-hydrogen) atoms. The van der Waals surface area contributed by atoms with Crippen LogP contribution in [0.5, 0.6) is 0 Å². The predicted octanol–water partition coefficient (Wildman–Crippen LogP) is 4.35. The zero-order chi connectivity index (χ0) is 18.0. The normalized spacial score (nSPS) is 18.5. The van der Waals surface area contributed by atoms with Gasteiger partial charge in [0.05, 0.1) is 5.56 Å². The summed E-state index contributed by atoms with van der Waals surface area (Å²) in [6.45, 7) is 5.99. The van der Waals surface area contributed by atoms with Crippen LogP contribution in [0.3, 0.4) is 0 Å². The van der Waals surface area contributed by atoms with Crippen LogP contribution in [-0.4, -0.2) is 24.3 Å². The van der Waals surface area contributed by atoms with Crippen LogP contribution < -0.4 is 10.6 Å². The number of rotatable bonds is 3. The zero-order valence-electron chi connectivity index (χ0n) is 14.1.